The predicted molar refractivity (Wildman–Crippen MR) is 167 cm³/mol. The zero-order chi connectivity index (χ0) is 35.2. The third-order valence-corrected chi connectivity index (χ3v) is 8.10. The lowest BCUT2D eigenvalue weighted by Crippen LogP contribution is -2.25. The quantitative estimate of drug-likeness (QED) is 0.0467. The highest BCUT2D eigenvalue weighted by atomic mass is 32.2. The Morgan fingerprint density at radius 3 is 1.62 bits per heavy atom. The molecule has 0 aliphatic carbocycles. The molecule has 0 saturated heterocycles. The average molecular weight is 703 g/mol. The van der Waals surface area contributed by atoms with Gasteiger partial charge >= 0.3 is 22.5 Å². The SMILES string of the molecule is CCCCCCCCc1ccc(S(=O)(=O)ON=C(c2ccc(OCCCOc3ccc(C(=NO)C(F)(F)F)cc3)cc2)C(F)(F)F)cc1. The summed E-state index contributed by atoms with van der Waals surface area (Å²) in [7, 11) is -4.62. The topological polar surface area (TPSA) is 107 Å². The summed E-state index contributed by atoms with van der Waals surface area (Å²) >= 11 is 0. The molecule has 3 aromatic rings. The average Bonchev–Trinajstić information content (AvgIpc) is 3.03. The van der Waals surface area contributed by atoms with Gasteiger partial charge in [-0.05, 0) is 79.1 Å². The lowest BCUT2D eigenvalue weighted by molar-refractivity contribution is -0.0608. The summed E-state index contributed by atoms with van der Waals surface area (Å²) in [5, 5.41) is 13.9. The molecule has 0 aliphatic rings. The summed E-state index contributed by atoms with van der Waals surface area (Å²) in [4.78, 5) is -0.323. The number of unbranched alkanes of at least 4 members (excludes halogenated alkanes) is 5. The molecule has 0 unspecified atom stereocenters. The Balaban J connectivity index is 1.51. The van der Waals surface area contributed by atoms with Crippen LogP contribution in [-0.2, 0) is 20.8 Å². The van der Waals surface area contributed by atoms with E-state index in [0.29, 0.717) is 6.42 Å². The fourth-order valence-electron chi connectivity index (χ4n) is 4.46. The van der Waals surface area contributed by atoms with Crippen LogP contribution in [0.4, 0.5) is 26.3 Å². The van der Waals surface area contributed by atoms with Gasteiger partial charge in [-0.25, -0.2) is 0 Å². The van der Waals surface area contributed by atoms with Crippen molar-refractivity contribution in [1.29, 1.82) is 0 Å². The molecule has 0 bridgehead atoms. The number of hydrogen-bond donors (Lipinski definition) is 1. The van der Waals surface area contributed by atoms with E-state index in [-0.39, 0.29) is 35.2 Å². The van der Waals surface area contributed by atoms with Crippen molar-refractivity contribution in [1.82, 2.24) is 0 Å². The van der Waals surface area contributed by atoms with E-state index in [1.807, 2.05) is 0 Å². The van der Waals surface area contributed by atoms with Crippen molar-refractivity contribution < 1.29 is 53.7 Å². The number of aryl methyl sites for hydroxylation is 1. The highest BCUT2D eigenvalue weighted by molar-refractivity contribution is 7.86. The number of hydrogen-bond acceptors (Lipinski definition) is 8. The molecule has 0 aromatic heterocycles. The largest absolute Gasteiger partial charge is 0.493 e. The van der Waals surface area contributed by atoms with E-state index in [0.717, 1.165) is 61.9 Å². The van der Waals surface area contributed by atoms with Crippen molar-refractivity contribution >= 4 is 21.5 Å². The van der Waals surface area contributed by atoms with Gasteiger partial charge < -0.3 is 14.7 Å². The molecular formula is C33H36F6N2O6S. The standard InChI is InChI=1S/C33H36F6N2O6S/c1-2-3-4-5-6-7-9-24-10-20-29(21-11-24)48(43,44)47-41-31(33(37,38)39)26-14-18-28(19-15-26)46-23-8-22-45-27-16-12-25(13-17-27)30(40-42)32(34,35)36/h10-21,42H,2-9,22-23H2,1H3. The van der Waals surface area contributed by atoms with E-state index >= 15 is 0 Å². The van der Waals surface area contributed by atoms with Gasteiger partial charge in [-0.15, -0.1) is 0 Å². The number of oxime groups is 2. The first-order valence-electron chi connectivity index (χ1n) is 15.2. The van der Waals surface area contributed by atoms with E-state index in [9.17, 15) is 34.8 Å². The number of halogens is 6. The molecule has 15 heteroatoms. The van der Waals surface area contributed by atoms with Crippen molar-refractivity contribution in [3.05, 3.63) is 89.5 Å². The molecule has 0 saturated carbocycles. The molecule has 8 nitrogen and oxygen atoms in total. The Hall–Kier alpha value is -4.27. The van der Waals surface area contributed by atoms with Crippen LogP contribution in [0, 0.1) is 0 Å². The molecule has 0 radical (unpaired) electrons. The Kier molecular flexibility index (Phi) is 14.1. The number of rotatable bonds is 18. The van der Waals surface area contributed by atoms with Crippen LogP contribution in [0.3, 0.4) is 0 Å². The fraction of sp³-hybridized carbons (Fsp3) is 0.394. The Bertz CT molecular complexity index is 1590. The van der Waals surface area contributed by atoms with Gasteiger partial charge in [0.1, 0.15) is 16.4 Å². The Morgan fingerprint density at radius 2 is 1.15 bits per heavy atom. The summed E-state index contributed by atoms with van der Waals surface area (Å²) in [5.41, 5.74) is -2.89. The molecule has 0 heterocycles. The molecule has 262 valence electrons. The van der Waals surface area contributed by atoms with Crippen LogP contribution < -0.4 is 9.47 Å². The second-order valence-corrected chi connectivity index (χ2v) is 12.2. The Labute approximate surface area is 275 Å². The number of alkyl halides is 6. The first kappa shape index (κ1) is 38.2. The molecule has 48 heavy (non-hydrogen) atoms. The van der Waals surface area contributed by atoms with E-state index < -0.39 is 39.5 Å². The van der Waals surface area contributed by atoms with Crippen molar-refractivity contribution in [3.8, 4) is 11.5 Å². The van der Waals surface area contributed by atoms with Crippen LogP contribution in [0.15, 0.2) is 88.0 Å². The van der Waals surface area contributed by atoms with Crippen molar-refractivity contribution in [2.75, 3.05) is 13.2 Å². The number of benzene rings is 3. The predicted octanol–water partition coefficient (Wildman–Crippen LogP) is 8.85. The smallest absolute Gasteiger partial charge is 0.437 e. The van der Waals surface area contributed by atoms with Crippen molar-refractivity contribution in [2.24, 2.45) is 10.3 Å². The molecule has 0 aliphatic heterocycles. The van der Waals surface area contributed by atoms with Gasteiger partial charge in [0.15, 0.2) is 11.4 Å². The maximum atomic E-state index is 13.8. The van der Waals surface area contributed by atoms with E-state index in [4.69, 9.17) is 14.7 Å². The number of ether oxygens (including phenoxy) is 2. The molecule has 1 N–H and O–H groups in total. The summed E-state index contributed by atoms with van der Waals surface area (Å²) in [6.45, 7) is 2.34. The molecule has 3 rings (SSSR count). The van der Waals surface area contributed by atoms with Crippen molar-refractivity contribution in [2.45, 2.75) is 75.5 Å². The number of nitrogens with zero attached hydrogens (tertiary/aromatic N) is 2. The first-order valence-corrected chi connectivity index (χ1v) is 16.6. The van der Waals surface area contributed by atoms with Crippen LogP contribution in [0.2, 0.25) is 0 Å². The zero-order valence-corrected chi connectivity index (χ0v) is 26.9. The maximum Gasteiger partial charge on any atom is 0.437 e. The van der Waals surface area contributed by atoms with Crippen LogP contribution in [0.1, 0.15) is 68.6 Å². The molecule has 0 fully saturated rings. The first-order chi connectivity index (χ1) is 22.7. The summed E-state index contributed by atoms with van der Waals surface area (Å²) in [6, 6.07) is 15.1. The van der Waals surface area contributed by atoms with Gasteiger partial charge in [-0.2, -0.15) is 34.8 Å². The molecule has 0 atom stereocenters. The van der Waals surface area contributed by atoms with Crippen LogP contribution in [0.5, 0.6) is 11.5 Å². The summed E-state index contributed by atoms with van der Waals surface area (Å²) in [6.07, 6.45) is -2.14. The molecule has 0 spiro atoms. The fourth-order valence-corrected chi connectivity index (χ4v) is 5.19. The van der Waals surface area contributed by atoms with Gasteiger partial charge in [-0.1, -0.05) is 61.5 Å². The minimum atomic E-state index is -5.03. The third kappa shape index (κ3) is 12.1. The second-order valence-electron chi connectivity index (χ2n) is 10.7. The molecule has 3 aromatic carbocycles. The monoisotopic (exact) mass is 702 g/mol. The van der Waals surface area contributed by atoms with Crippen LogP contribution in [0.25, 0.3) is 0 Å². The van der Waals surface area contributed by atoms with Crippen molar-refractivity contribution in [3.63, 3.8) is 0 Å². The van der Waals surface area contributed by atoms with E-state index in [1.54, 1.807) is 12.1 Å². The van der Waals surface area contributed by atoms with Gasteiger partial charge in [0.25, 0.3) is 0 Å². The molecular weight excluding hydrogens is 666 g/mol. The highest BCUT2D eigenvalue weighted by Gasteiger charge is 2.39. The second kappa shape index (κ2) is 17.8. The summed E-state index contributed by atoms with van der Waals surface area (Å²) in [5.74, 6) is 0.466. The van der Waals surface area contributed by atoms with Gasteiger partial charge in [0.05, 0.1) is 13.2 Å². The van der Waals surface area contributed by atoms with E-state index in [1.165, 1.54) is 49.2 Å². The lowest BCUT2D eigenvalue weighted by Gasteiger charge is -2.12. The van der Waals surface area contributed by atoms with Crippen LogP contribution in [-0.4, -0.2) is 50.6 Å². The van der Waals surface area contributed by atoms with Gasteiger partial charge in [-0.3, -0.25) is 4.28 Å². The van der Waals surface area contributed by atoms with Gasteiger partial charge in [0, 0.05) is 17.5 Å². The van der Waals surface area contributed by atoms with Crippen LogP contribution >= 0.6 is 0 Å². The maximum absolute atomic E-state index is 13.8. The highest BCUT2D eigenvalue weighted by Crippen LogP contribution is 2.27. The molecule has 0 amide bonds. The minimum absolute atomic E-state index is 0.0894. The normalized spacial score (nSPS) is 13.0. The lowest BCUT2D eigenvalue weighted by atomic mass is 10.1. The zero-order valence-electron chi connectivity index (χ0n) is 26.1. The summed E-state index contributed by atoms with van der Waals surface area (Å²) < 4.78 is 120. The third-order valence-electron chi connectivity index (χ3n) is 6.98. The Morgan fingerprint density at radius 1 is 0.667 bits per heavy atom. The minimum Gasteiger partial charge on any atom is -0.493 e. The van der Waals surface area contributed by atoms with Gasteiger partial charge in [0.2, 0.25) is 0 Å². The van der Waals surface area contributed by atoms with E-state index in [2.05, 4.69) is 21.5 Å².